The predicted molar refractivity (Wildman–Crippen MR) is 96.0 cm³/mol. The quantitative estimate of drug-likeness (QED) is 0.105. The van der Waals surface area contributed by atoms with Gasteiger partial charge in [0.1, 0.15) is 0 Å². The molecule has 0 saturated carbocycles. The summed E-state index contributed by atoms with van der Waals surface area (Å²) < 4.78 is 35.9. The monoisotopic (exact) mass is 546 g/mol. The van der Waals surface area contributed by atoms with E-state index in [1.165, 1.54) is 0 Å². The van der Waals surface area contributed by atoms with Crippen LogP contribution >= 0.6 is 22.8 Å². The molecule has 0 spiro atoms. The second kappa shape index (κ2) is 9.58. The highest BCUT2D eigenvalue weighted by Crippen LogP contribution is 2.74. The Morgan fingerprint density at radius 2 is 0.970 bits per heavy atom. The summed E-state index contributed by atoms with van der Waals surface area (Å²) in [5.41, 5.74) is 0. The Balaban J connectivity index is 7.80. The van der Waals surface area contributed by atoms with Gasteiger partial charge in [0.15, 0.2) is 5.16 Å². The van der Waals surface area contributed by atoms with Gasteiger partial charge in [-0.05, 0) is 6.42 Å². The first-order valence-corrected chi connectivity index (χ1v) is 12.6. The molecule has 0 aromatic carbocycles. The third kappa shape index (κ3) is 5.32. The number of carbonyl (C=O) groups is 5. The summed E-state index contributed by atoms with van der Waals surface area (Å²) in [7, 11) is -20.4. The first-order chi connectivity index (χ1) is 14.4. The van der Waals surface area contributed by atoms with E-state index in [-0.39, 0.29) is 0 Å². The Morgan fingerprint density at radius 3 is 1.15 bits per heavy atom. The van der Waals surface area contributed by atoms with Gasteiger partial charge in [0, 0.05) is 0 Å². The van der Waals surface area contributed by atoms with Crippen LogP contribution in [0.15, 0.2) is 0 Å². The molecule has 0 heterocycles. The number of hydrogen-bond donors (Lipinski definition) is 11. The van der Waals surface area contributed by atoms with E-state index in [0.717, 1.165) is 0 Å². The average molecular weight is 546 g/mol. The SMILES string of the molecule is O=C(O)CC(C(=O)O)C(CC(C(=O)O)C(C(=O)O)(P(=O)(O)O)P(=O)(O)O)(C(=O)O)P(=O)(O)O. The van der Waals surface area contributed by atoms with Crippen LogP contribution in [0.5, 0.6) is 0 Å². The summed E-state index contributed by atoms with van der Waals surface area (Å²) in [6.45, 7) is 0. The highest BCUT2D eigenvalue weighted by atomic mass is 31.2. The fourth-order valence-electron chi connectivity index (χ4n) is 3.15. The molecule has 11 N–H and O–H groups in total. The lowest BCUT2D eigenvalue weighted by Gasteiger charge is -2.41. The second-order valence-corrected chi connectivity index (χ2v) is 12.3. The Bertz CT molecular complexity index is 974. The summed E-state index contributed by atoms with van der Waals surface area (Å²) in [6.07, 6.45) is -4.60. The number of rotatable bonds is 13. The molecule has 0 aliphatic heterocycles. The van der Waals surface area contributed by atoms with E-state index < -0.39 is 87.4 Å². The van der Waals surface area contributed by atoms with Gasteiger partial charge in [0.25, 0.3) is 4.90 Å². The Hall–Kier alpha value is -2.20. The Labute approximate surface area is 180 Å². The van der Waals surface area contributed by atoms with Crippen LogP contribution in [-0.4, -0.2) is 94.8 Å². The van der Waals surface area contributed by atoms with Crippen molar-refractivity contribution in [3.63, 3.8) is 0 Å². The summed E-state index contributed by atoms with van der Waals surface area (Å²) in [4.78, 5) is 110. The topological polar surface area (TPSA) is 359 Å². The second-order valence-electron chi connectivity index (χ2n) is 6.48. The van der Waals surface area contributed by atoms with Crippen molar-refractivity contribution in [1.29, 1.82) is 0 Å². The average Bonchev–Trinajstić information content (AvgIpc) is 2.51. The lowest BCUT2D eigenvalue weighted by molar-refractivity contribution is -0.159. The molecule has 0 amide bonds. The first-order valence-electron chi connectivity index (χ1n) is 7.74. The van der Waals surface area contributed by atoms with Crippen molar-refractivity contribution in [1.82, 2.24) is 0 Å². The van der Waals surface area contributed by atoms with Crippen molar-refractivity contribution < 1.29 is 92.6 Å². The molecule has 3 atom stereocenters. The lowest BCUT2D eigenvalue weighted by Crippen LogP contribution is -2.57. The van der Waals surface area contributed by atoms with Gasteiger partial charge in [0.2, 0.25) is 0 Å². The smallest absolute Gasteiger partial charge is 0.356 e. The molecule has 0 aromatic rings. The Morgan fingerprint density at radius 1 is 0.606 bits per heavy atom. The standard InChI is InChI=1S/C11H17O19P3/c12-5(13)1-3(6(14)15)10(8(18)19,31(22,23)24)2-4(7(16)17)11(9(20)21,32(25,26)27)33(28,29)30/h3-4H,1-2H2,(H,12,13)(H,14,15)(H,16,17)(H,18,19)(H,20,21)(H2,22,23,24)(H2,25,26,27)(H2,28,29,30). The van der Waals surface area contributed by atoms with E-state index >= 15 is 0 Å². The first kappa shape index (κ1) is 30.8. The van der Waals surface area contributed by atoms with E-state index in [2.05, 4.69) is 0 Å². The van der Waals surface area contributed by atoms with Crippen LogP contribution in [0.4, 0.5) is 0 Å². The highest BCUT2D eigenvalue weighted by molar-refractivity contribution is 7.74. The van der Waals surface area contributed by atoms with E-state index in [9.17, 15) is 87.5 Å². The van der Waals surface area contributed by atoms with Crippen molar-refractivity contribution in [3.8, 4) is 0 Å². The minimum absolute atomic E-state index is 1.95. The van der Waals surface area contributed by atoms with Gasteiger partial charge in [-0.2, -0.15) is 0 Å². The van der Waals surface area contributed by atoms with Crippen molar-refractivity contribution in [2.45, 2.75) is 22.9 Å². The molecule has 0 bridgehead atoms. The summed E-state index contributed by atoms with van der Waals surface area (Å²) in [6, 6.07) is 0. The lowest BCUT2D eigenvalue weighted by atomic mass is 9.80. The molecular formula is C11H17O19P3. The normalized spacial score (nSPS) is 16.8. The van der Waals surface area contributed by atoms with Crippen LogP contribution in [0, 0.1) is 11.8 Å². The molecule has 0 rings (SSSR count). The number of carboxylic acids is 5. The molecule has 0 aliphatic rings. The van der Waals surface area contributed by atoms with Crippen molar-refractivity contribution in [2.75, 3.05) is 0 Å². The van der Waals surface area contributed by atoms with Crippen LogP contribution in [0.1, 0.15) is 12.8 Å². The number of carboxylic acid groups (broad SMARTS) is 5. The maximum Gasteiger partial charge on any atom is 0.356 e. The maximum atomic E-state index is 12.1. The fourth-order valence-corrected chi connectivity index (χ4v) is 7.50. The molecule has 19 nitrogen and oxygen atoms in total. The van der Waals surface area contributed by atoms with Gasteiger partial charge >= 0.3 is 52.6 Å². The van der Waals surface area contributed by atoms with Crippen LogP contribution in [0.2, 0.25) is 0 Å². The van der Waals surface area contributed by atoms with Crippen LogP contribution < -0.4 is 0 Å². The molecule has 22 heteroatoms. The summed E-state index contributed by atoms with van der Waals surface area (Å²) >= 11 is 0. The van der Waals surface area contributed by atoms with Gasteiger partial charge < -0.3 is 54.9 Å². The summed E-state index contributed by atoms with van der Waals surface area (Å²) in [5, 5.41) is 41.6. The summed E-state index contributed by atoms with van der Waals surface area (Å²) in [5.74, 6) is -21.1. The highest BCUT2D eigenvalue weighted by Gasteiger charge is 2.76. The molecule has 0 aromatic heterocycles. The van der Waals surface area contributed by atoms with Gasteiger partial charge in [-0.15, -0.1) is 0 Å². The van der Waals surface area contributed by atoms with E-state index in [0.29, 0.717) is 0 Å². The number of aliphatic carboxylic acids is 5. The zero-order valence-electron chi connectivity index (χ0n) is 15.6. The third-order valence-electron chi connectivity index (χ3n) is 4.65. The maximum absolute atomic E-state index is 12.1. The zero-order valence-corrected chi connectivity index (χ0v) is 18.3. The largest absolute Gasteiger partial charge is 0.481 e. The third-order valence-corrected chi connectivity index (χ3v) is 10.7. The molecule has 0 aliphatic carbocycles. The molecule has 3 unspecified atom stereocenters. The van der Waals surface area contributed by atoms with E-state index in [1.807, 2.05) is 0 Å². The van der Waals surface area contributed by atoms with Crippen LogP contribution in [0.25, 0.3) is 0 Å². The van der Waals surface area contributed by atoms with Crippen LogP contribution in [-0.2, 0) is 37.7 Å². The van der Waals surface area contributed by atoms with Gasteiger partial charge in [-0.25, -0.2) is 0 Å². The minimum Gasteiger partial charge on any atom is -0.481 e. The van der Waals surface area contributed by atoms with Crippen LogP contribution in [0.3, 0.4) is 0 Å². The fraction of sp³-hybridized carbons (Fsp3) is 0.545. The molecular weight excluding hydrogens is 529 g/mol. The Kier molecular flexibility index (Phi) is 8.94. The van der Waals surface area contributed by atoms with Gasteiger partial charge in [0.05, 0.1) is 18.3 Å². The molecule has 33 heavy (non-hydrogen) atoms. The molecule has 0 fully saturated rings. The number of hydrogen-bond acceptors (Lipinski definition) is 8. The van der Waals surface area contributed by atoms with Crippen molar-refractivity contribution in [2.24, 2.45) is 11.8 Å². The predicted octanol–water partition coefficient (Wildman–Crippen LogP) is -2.61. The molecule has 190 valence electrons. The minimum atomic E-state index is -6.90. The van der Waals surface area contributed by atoms with Gasteiger partial charge in [-0.1, -0.05) is 0 Å². The van der Waals surface area contributed by atoms with E-state index in [4.69, 9.17) is 5.11 Å². The molecule has 0 radical (unpaired) electrons. The van der Waals surface area contributed by atoms with E-state index in [1.54, 1.807) is 0 Å². The molecule has 0 saturated heterocycles. The van der Waals surface area contributed by atoms with Gasteiger partial charge in [-0.3, -0.25) is 37.7 Å². The van der Waals surface area contributed by atoms with Crippen molar-refractivity contribution in [3.05, 3.63) is 0 Å². The van der Waals surface area contributed by atoms with Crippen molar-refractivity contribution >= 4 is 52.6 Å². The zero-order chi connectivity index (χ0) is 27.0.